The first kappa shape index (κ1) is 16.2. The van der Waals surface area contributed by atoms with Crippen LogP contribution in [0.1, 0.15) is 6.42 Å². The van der Waals surface area contributed by atoms with Crippen molar-refractivity contribution in [3.8, 4) is 0 Å². The molecule has 0 radical (unpaired) electrons. The summed E-state index contributed by atoms with van der Waals surface area (Å²) in [5.41, 5.74) is 0.587. The average molecular weight is 403 g/mol. The topological polar surface area (TPSA) is 80.8 Å². The molecule has 2 aliphatic rings. The lowest BCUT2D eigenvalue weighted by Crippen LogP contribution is -2.58. The lowest BCUT2D eigenvalue weighted by molar-refractivity contribution is -0.217. The van der Waals surface area contributed by atoms with E-state index in [0.717, 1.165) is 18.6 Å². The average Bonchev–Trinajstić information content (AvgIpc) is 2.78. The van der Waals surface area contributed by atoms with E-state index in [1.54, 1.807) is 17.2 Å². The summed E-state index contributed by atoms with van der Waals surface area (Å²) in [6.07, 6.45) is 4.43. The predicted molar refractivity (Wildman–Crippen MR) is 85.8 cm³/mol. The van der Waals surface area contributed by atoms with Crippen LogP contribution in [0.3, 0.4) is 0 Å². The number of carbonyl (C=O) groups is 2. The van der Waals surface area contributed by atoms with Crippen LogP contribution < -0.4 is 10.2 Å². The van der Waals surface area contributed by atoms with Crippen LogP contribution in [0.25, 0.3) is 0 Å². The van der Waals surface area contributed by atoms with E-state index in [2.05, 4.69) is 26.2 Å². The number of carbonyl (C=O) groups excluding carboxylic acids is 2. The number of pyridine rings is 1. The van der Waals surface area contributed by atoms with Crippen LogP contribution in [0, 0.1) is 0 Å². The van der Waals surface area contributed by atoms with Gasteiger partial charge in [-0.3, -0.25) is 4.90 Å². The molecule has 0 unspecified atom stereocenters. The Labute approximate surface area is 145 Å². The van der Waals surface area contributed by atoms with Crippen LogP contribution in [-0.2, 0) is 19.1 Å². The van der Waals surface area contributed by atoms with E-state index in [1.807, 2.05) is 0 Å². The van der Waals surface area contributed by atoms with Crippen molar-refractivity contribution in [2.75, 3.05) is 24.5 Å². The van der Waals surface area contributed by atoms with Crippen LogP contribution in [0.2, 0.25) is 5.02 Å². The largest absolute Gasteiger partial charge is 0.399 e. The fourth-order valence-electron chi connectivity index (χ4n) is 2.48. The zero-order valence-corrected chi connectivity index (χ0v) is 14.3. The third-order valence-electron chi connectivity index (χ3n) is 3.46. The van der Waals surface area contributed by atoms with Gasteiger partial charge >= 0.3 is 17.8 Å². The molecule has 1 saturated heterocycles. The third-order valence-corrected chi connectivity index (χ3v) is 4.61. The first-order valence-electron chi connectivity index (χ1n) is 6.94. The van der Waals surface area contributed by atoms with E-state index in [9.17, 15) is 9.59 Å². The molecule has 7 nitrogen and oxygen atoms in total. The summed E-state index contributed by atoms with van der Waals surface area (Å²) in [4.78, 5) is 29.6. The number of halogens is 2. The first-order chi connectivity index (χ1) is 11.0. The van der Waals surface area contributed by atoms with Gasteiger partial charge in [-0.2, -0.15) is 0 Å². The second kappa shape index (κ2) is 6.46. The van der Waals surface area contributed by atoms with Crippen molar-refractivity contribution >= 4 is 45.2 Å². The summed E-state index contributed by atoms with van der Waals surface area (Å²) in [5, 5.41) is 3.52. The zero-order chi connectivity index (χ0) is 16.4. The molecule has 0 aromatic carbocycles. The Hall–Kier alpha value is -1.64. The molecule has 3 rings (SSSR count). The van der Waals surface area contributed by atoms with Gasteiger partial charge in [0.05, 0.1) is 23.5 Å². The van der Waals surface area contributed by atoms with Gasteiger partial charge in [0.15, 0.2) is 0 Å². The van der Waals surface area contributed by atoms with Crippen molar-refractivity contribution in [3.63, 3.8) is 0 Å². The highest BCUT2D eigenvalue weighted by atomic mass is 79.9. The number of anilines is 1. The van der Waals surface area contributed by atoms with Gasteiger partial charge in [0.2, 0.25) is 0 Å². The van der Waals surface area contributed by atoms with Crippen LogP contribution in [0.5, 0.6) is 0 Å². The molecule has 1 N–H and O–H groups in total. The number of nitrogens with one attached hydrogen (secondary N) is 1. The van der Waals surface area contributed by atoms with Crippen LogP contribution in [0.4, 0.5) is 5.69 Å². The number of ether oxygens (including phenoxy) is 2. The van der Waals surface area contributed by atoms with Gasteiger partial charge in [0, 0.05) is 18.7 Å². The van der Waals surface area contributed by atoms with Gasteiger partial charge in [-0.15, -0.1) is 0 Å². The number of hydrogen-bond acceptors (Lipinski definition) is 7. The van der Waals surface area contributed by atoms with Crippen LogP contribution in [-0.4, -0.2) is 42.5 Å². The minimum atomic E-state index is -1.58. The maximum atomic E-state index is 11.9. The Morgan fingerprint density at radius 3 is 2.65 bits per heavy atom. The lowest BCUT2D eigenvalue weighted by atomic mass is 10.3. The highest BCUT2D eigenvalue weighted by Gasteiger charge is 2.47. The van der Waals surface area contributed by atoms with Gasteiger partial charge < -0.3 is 14.8 Å². The van der Waals surface area contributed by atoms with Crippen molar-refractivity contribution in [2.45, 2.75) is 12.3 Å². The minimum absolute atomic E-state index is 0.139. The number of esters is 2. The molecule has 122 valence electrons. The van der Waals surface area contributed by atoms with Crippen LogP contribution >= 0.6 is 27.5 Å². The summed E-state index contributed by atoms with van der Waals surface area (Å²) >= 11 is 9.34. The standard InChI is InChI=1S/C14H13BrClN3O4/c15-13-10(16)6-9(7-18-13)19-5-1-4-17-8-14(19)22-11(20)2-3-12(21)23-14/h2-3,6-7,17H,1,4-5,8H2. The maximum Gasteiger partial charge on any atom is 0.356 e. The van der Waals surface area contributed by atoms with Gasteiger partial charge in [-0.05, 0) is 35.0 Å². The number of nitrogens with zero attached hydrogens (tertiary/aromatic N) is 2. The number of rotatable bonds is 1. The maximum absolute atomic E-state index is 11.9. The normalized spacial score (nSPS) is 20.7. The monoisotopic (exact) mass is 401 g/mol. The molecule has 1 aromatic rings. The van der Waals surface area contributed by atoms with E-state index in [4.69, 9.17) is 21.1 Å². The third kappa shape index (κ3) is 3.34. The summed E-state index contributed by atoms with van der Waals surface area (Å²) in [5.74, 6) is -2.88. The van der Waals surface area contributed by atoms with Crippen molar-refractivity contribution in [3.05, 3.63) is 34.0 Å². The Morgan fingerprint density at radius 1 is 1.30 bits per heavy atom. The van der Waals surface area contributed by atoms with E-state index in [0.29, 0.717) is 28.4 Å². The molecule has 0 aliphatic carbocycles. The molecule has 3 heterocycles. The molecule has 2 aliphatic heterocycles. The molecule has 23 heavy (non-hydrogen) atoms. The number of hydrogen-bond donors (Lipinski definition) is 1. The van der Waals surface area contributed by atoms with Crippen molar-refractivity contribution in [1.29, 1.82) is 0 Å². The molecule has 0 saturated carbocycles. The van der Waals surface area contributed by atoms with E-state index >= 15 is 0 Å². The minimum Gasteiger partial charge on any atom is -0.399 e. The van der Waals surface area contributed by atoms with Gasteiger partial charge in [0.1, 0.15) is 4.60 Å². The van der Waals surface area contributed by atoms with E-state index < -0.39 is 17.8 Å². The molecule has 1 aromatic heterocycles. The molecule has 0 amide bonds. The summed E-state index contributed by atoms with van der Waals surface area (Å²) in [6.45, 7) is 1.32. The van der Waals surface area contributed by atoms with Crippen molar-refractivity contribution < 1.29 is 19.1 Å². The Kier molecular flexibility index (Phi) is 4.56. The Balaban J connectivity index is 2.04. The van der Waals surface area contributed by atoms with Gasteiger partial charge in [0.25, 0.3) is 0 Å². The Bertz CT molecular complexity index is 662. The summed E-state index contributed by atoms with van der Waals surface area (Å²) in [7, 11) is 0. The molecule has 1 fully saturated rings. The SMILES string of the molecule is O=C1C=CC(=O)OC2(CNCCCN2c2cnc(Br)c(Cl)c2)O1. The highest BCUT2D eigenvalue weighted by molar-refractivity contribution is 9.10. The van der Waals surface area contributed by atoms with Gasteiger partial charge in [-0.1, -0.05) is 11.6 Å². The predicted octanol–water partition coefficient (Wildman–Crippen LogP) is 1.61. The first-order valence-corrected chi connectivity index (χ1v) is 8.11. The summed E-state index contributed by atoms with van der Waals surface area (Å²) in [6, 6.07) is 1.67. The fraction of sp³-hybridized carbons (Fsp3) is 0.357. The molecule has 9 heteroatoms. The smallest absolute Gasteiger partial charge is 0.356 e. The lowest BCUT2D eigenvalue weighted by Gasteiger charge is -2.40. The fourth-order valence-corrected chi connectivity index (χ4v) is 2.86. The molecule has 1 spiro atoms. The van der Waals surface area contributed by atoms with Crippen LogP contribution in [0.15, 0.2) is 29.0 Å². The second-order valence-electron chi connectivity index (χ2n) is 5.04. The quantitative estimate of drug-likeness (QED) is 0.564. The molecule has 0 bridgehead atoms. The molecular formula is C14H13BrClN3O4. The van der Waals surface area contributed by atoms with Crippen molar-refractivity contribution in [2.24, 2.45) is 0 Å². The second-order valence-corrected chi connectivity index (χ2v) is 6.19. The summed E-state index contributed by atoms with van der Waals surface area (Å²) < 4.78 is 11.4. The zero-order valence-electron chi connectivity index (χ0n) is 11.9. The van der Waals surface area contributed by atoms with Gasteiger partial charge in [-0.25, -0.2) is 14.6 Å². The number of aromatic nitrogens is 1. The van der Waals surface area contributed by atoms with Crippen molar-refractivity contribution in [1.82, 2.24) is 10.3 Å². The molecule has 0 atom stereocenters. The molecular weight excluding hydrogens is 390 g/mol. The highest BCUT2D eigenvalue weighted by Crippen LogP contribution is 2.32. The Morgan fingerprint density at radius 2 is 2.00 bits per heavy atom. The van der Waals surface area contributed by atoms with E-state index in [-0.39, 0.29) is 6.54 Å². The van der Waals surface area contributed by atoms with E-state index in [1.165, 1.54) is 0 Å².